The van der Waals surface area contributed by atoms with Crippen molar-refractivity contribution in [1.82, 2.24) is 4.90 Å². The SMILES string of the molecule is OCC1CCN1C1CC1. The predicted octanol–water partition coefficient (Wildman–Crippen LogP) is 0.215. The molecule has 52 valence electrons. The van der Waals surface area contributed by atoms with Crippen molar-refractivity contribution >= 4 is 0 Å². The van der Waals surface area contributed by atoms with Crippen LogP contribution in [0.2, 0.25) is 0 Å². The van der Waals surface area contributed by atoms with Crippen molar-refractivity contribution in [3.05, 3.63) is 0 Å². The van der Waals surface area contributed by atoms with E-state index in [1.165, 1.54) is 25.8 Å². The number of hydrogen-bond donors (Lipinski definition) is 1. The molecule has 1 N–H and O–H groups in total. The number of hydrogen-bond acceptors (Lipinski definition) is 2. The smallest absolute Gasteiger partial charge is 0.0587 e. The van der Waals surface area contributed by atoms with E-state index in [0.29, 0.717) is 12.6 Å². The lowest BCUT2D eigenvalue weighted by atomic mass is 10.0. The van der Waals surface area contributed by atoms with Crippen LogP contribution in [0.5, 0.6) is 0 Å². The fraction of sp³-hybridized carbons (Fsp3) is 1.00. The summed E-state index contributed by atoms with van der Waals surface area (Å²) in [6, 6.07) is 1.38. The maximum absolute atomic E-state index is 8.79. The predicted molar refractivity (Wildman–Crippen MR) is 35.2 cm³/mol. The molecule has 0 aromatic rings. The fourth-order valence-electron chi connectivity index (χ4n) is 1.54. The van der Waals surface area contributed by atoms with Crippen molar-refractivity contribution in [2.24, 2.45) is 0 Å². The Morgan fingerprint density at radius 1 is 1.33 bits per heavy atom. The van der Waals surface area contributed by atoms with Crippen molar-refractivity contribution in [3.8, 4) is 0 Å². The van der Waals surface area contributed by atoms with Gasteiger partial charge in [-0.2, -0.15) is 0 Å². The van der Waals surface area contributed by atoms with Gasteiger partial charge in [0, 0.05) is 18.6 Å². The van der Waals surface area contributed by atoms with E-state index in [9.17, 15) is 0 Å². The molecule has 1 aliphatic heterocycles. The van der Waals surface area contributed by atoms with Gasteiger partial charge in [0.1, 0.15) is 0 Å². The Kier molecular flexibility index (Phi) is 1.24. The van der Waals surface area contributed by atoms with Gasteiger partial charge in [0.15, 0.2) is 0 Å². The van der Waals surface area contributed by atoms with Gasteiger partial charge in [-0.25, -0.2) is 0 Å². The zero-order chi connectivity index (χ0) is 6.27. The number of nitrogens with zero attached hydrogens (tertiary/aromatic N) is 1. The van der Waals surface area contributed by atoms with E-state index < -0.39 is 0 Å². The molecule has 2 heteroatoms. The molecule has 1 atom stereocenters. The highest BCUT2D eigenvalue weighted by Gasteiger charge is 2.38. The van der Waals surface area contributed by atoms with Gasteiger partial charge >= 0.3 is 0 Å². The van der Waals surface area contributed by atoms with Gasteiger partial charge < -0.3 is 5.11 Å². The minimum Gasteiger partial charge on any atom is -0.395 e. The number of aliphatic hydroxyl groups is 1. The second-order valence-electron chi connectivity index (χ2n) is 3.09. The second-order valence-corrected chi connectivity index (χ2v) is 3.09. The Labute approximate surface area is 55.5 Å². The molecule has 0 spiro atoms. The Morgan fingerprint density at radius 3 is 2.44 bits per heavy atom. The Balaban J connectivity index is 1.83. The van der Waals surface area contributed by atoms with E-state index in [1.54, 1.807) is 0 Å². The average molecular weight is 127 g/mol. The van der Waals surface area contributed by atoms with Crippen LogP contribution in [0.1, 0.15) is 19.3 Å². The van der Waals surface area contributed by atoms with Crippen LogP contribution in [0.15, 0.2) is 0 Å². The number of likely N-dealkylation sites (tertiary alicyclic amines) is 1. The normalized spacial score (nSPS) is 36.3. The van der Waals surface area contributed by atoms with E-state index >= 15 is 0 Å². The van der Waals surface area contributed by atoms with Gasteiger partial charge in [0.25, 0.3) is 0 Å². The molecular formula is C7H13NO. The van der Waals surface area contributed by atoms with Crippen LogP contribution in [0.4, 0.5) is 0 Å². The molecule has 2 fully saturated rings. The lowest BCUT2D eigenvalue weighted by Crippen LogP contribution is -2.50. The molecule has 0 radical (unpaired) electrons. The fourth-order valence-corrected chi connectivity index (χ4v) is 1.54. The quantitative estimate of drug-likeness (QED) is 0.573. The van der Waals surface area contributed by atoms with Crippen molar-refractivity contribution in [3.63, 3.8) is 0 Å². The zero-order valence-corrected chi connectivity index (χ0v) is 5.58. The average Bonchev–Trinajstić information content (AvgIpc) is 2.48. The highest BCUT2D eigenvalue weighted by molar-refractivity contribution is 4.94. The van der Waals surface area contributed by atoms with Gasteiger partial charge in [-0.3, -0.25) is 4.90 Å². The van der Waals surface area contributed by atoms with Crippen molar-refractivity contribution in [2.75, 3.05) is 13.2 Å². The summed E-state index contributed by atoms with van der Waals surface area (Å²) in [7, 11) is 0. The van der Waals surface area contributed by atoms with Gasteiger partial charge in [0.2, 0.25) is 0 Å². The second kappa shape index (κ2) is 1.96. The van der Waals surface area contributed by atoms with E-state index in [1.807, 2.05) is 0 Å². The lowest BCUT2D eigenvalue weighted by molar-refractivity contribution is 0.0353. The first-order valence-corrected chi connectivity index (χ1v) is 3.78. The Bertz CT molecular complexity index is 109. The Morgan fingerprint density at radius 2 is 2.11 bits per heavy atom. The van der Waals surface area contributed by atoms with Crippen LogP contribution < -0.4 is 0 Å². The van der Waals surface area contributed by atoms with Gasteiger partial charge in [-0.05, 0) is 19.3 Å². The van der Waals surface area contributed by atoms with Crippen LogP contribution in [-0.4, -0.2) is 35.2 Å². The lowest BCUT2D eigenvalue weighted by Gasteiger charge is -2.40. The van der Waals surface area contributed by atoms with Crippen LogP contribution in [0.25, 0.3) is 0 Å². The summed E-state index contributed by atoms with van der Waals surface area (Å²) in [5.74, 6) is 0. The molecule has 1 heterocycles. The van der Waals surface area contributed by atoms with E-state index in [2.05, 4.69) is 4.90 Å². The molecule has 1 aliphatic carbocycles. The maximum Gasteiger partial charge on any atom is 0.0587 e. The molecule has 1 unspecified atom stereocenters. The first-order chi connectivity index (χ1) is 4.42. The summed E-state index contributed by atoms with van der Waals surface area (Å²) < 4.78 is 0. The van der Waals surface area contributed by atoms with Crippen LogP contribution in [0, 0.1) is 0 Å². The molecule has 0 amide bonds. The van der Waals surface area contributed by atoms with Crippen molar-refractivity contribution in [1.29, 1.82) is 0 Å². The largest absolute Gasteiger partial charge is 0.395 e. The van der Waals surface area contributed by atoms with E-state index in [0.717, 1.165) is 6.04 Å². The monoisotopic (exact) mass is 127 g/mol. The standard InChI is InChI=1S/C7H13NO/c9-5-7-3-4-8(7)6-1-2-6/h6-7,9H,1-5H2. The zero-order valence-electron chi connectivity index (χ0n) is 5.58. The third-order valence-corrected chi connectivity index (χ3v) is 2.42. The summed E-state index contributed by atoms with van der Waals surface area (Å²) in [6.45, 7) is 1.60. The Hall–Kier alpha value is -0.0800. The van der Waals surface area contributed by atoms with Crippen LogP contribution in [-0.2, 0) is 0 Å². The number of aliphatic hydroxyl groups excluding tert-OH is 1. The number of rotatable bonds is 2. The third kappa shape index (κ3) is 0.864. The molecule has 1 saturated heterocycles. The summed E-state index contributed by atoms with van der Waals surface area (Å²) in [6.07, 6.45) is 3.96. The van der Waals surface area contributed by atoms with Gasteiger partial charge in [0.05, 0.1) is 6.61 Å². The summed E-state index contributed by atoms with van der Waals surface area (Å²) in [5.41, 5.74) is 0. The molecule has 0 bridgehead atoms. The van der Waals surface area contributed by atoms with Crippen molar-refractivity contribution in [2.45, 2.75) is 31.3 Å². The molecular weight excluding hydrogens is 114 g/mol. The molecule has 2 nitrogen and oxygen atoms in total. The molecule has 0 aromatic heterocycles. The molecule has 2 aliphatic rings. The maximum atomic E-state index is 8.79. The van der Waals surface area contributed by atoms with Gasteiger partial charge in [-0.1, -0.05) is 0 Å². The minimum atomic E-state index is 0.372. The van der Waals surface area contributed by atoms with E-state index in [4.69, 9.17) is 5.11 Å². The molecule has 2 rings (SSSR count). The molecule has 0 aromatic carbocycles. The minimum absolute atomic E-state index is 0.372. The first kappa shape index (κ1) is 5.69. The molecule has 9 heavy (non-hydrogen) atoms. The topological polar surface area (TPSA) is 23.5 Å². The first-order valence-electron chi connectivity index (χ1n) is 3.78. The highest BCUT2D eigenvalue weighted by Crippen LogP contribution is 2.33. The summed E-state index contributed by atoms with van der Waals surface area (Å²) in [5, 5.41) is 8.79. The third-order valence-electron chi connectivity index (χ3n) is 2.42. The molecule has 1 saturated carbocycles. The van der Waals surface area contributed by atoms with Crippen LogP contribution in [0.3, 0.4) is 0 Å². The highest BCUT2D eigenvalue weighted by atomic mass is 16.3. The van der Waals surface area contributed by atoms with Gasteiger partial charge in [-0.15, -0.1) is 0 Å². The van der Waals surface area contributed by atoms with E-state index in [-0.39, 0.29) is 0 Å². The van der Waals surface area contributed by atoms with Crippen molar-refractivity contribution < 1.29 is 5.11 Å². The summed E-state index contributed by atoms with van der Waals surface area (Å²) in [4.78, 5) is 2.43. The summed E-state index contributed by atoms with van der Waals surface area (Å²) >= 11 is 0. The van der Waals surface area contributed by atoms with Crippen LogP contribution >= 0.6 is 0 Å².